The number of hydrogen-bond donors (Lipinski definition) is 3. The normalized spacial score (nSPS) is 24.4. The molecule has 2 aliphatic carbocycles. The first-order chi connectivity index (χ1) is 10.9. The first-order valence-corrected chi connectivity index (χ1v) is 9.44. The minimum atomic E-state index is -3.75. The highest BCUT2D eigenvalue weighted by Crippen LogP contribution is 2.31. The fourth-order valence-electron chi connectivity index (χ4n) is 3.51. The van der Waals surface area contributed by atoms with Crippen LogP contribution in [0.15, 0.2) is 17.0 Å². The molecular formula is C16H21NO5S. The zero-order chi connectivity index (χ0) is 16.6. The van der Waals surface area contributed by atoms with Gasteiger partial charge in [-0.25, -0.2) is 17.9 Å². The lowest BCUT2D eigenvalue weighted by atomic mass is 9.94. The lowest BCUT2D eigenvalue weighted by Gasteiger charge is -2.26. The van der Waals surface area contributed by atoms with Gasteiger partial charge in [-0.15, -0.1) is 0 Å². The number of aliphatic hydroxyl groups excluding tert-OH is 1. The summed E-state index contributed by atoms with van der Waals surface area (Å²) in [5, 5.41) is 18.7. The Hall–Kier alpha value is -1.44. The summed E-state index contributed by atoms with van der Waals surface area (Å²) < 4.78 is 28.2. The molecule has 0 aliphatic heterocycles. The summed E-state index contributed by atoms with van der Waals surface area (Å²) in [5.74, 6) is -1.11. The predicted octanol–water partition coefficient (Wildman–Crippen LogP) is 1.46. The molecule has 1 saturated carbocycles. The number of benzene rings is 1. The topological polar surface area (TPSA) is 104 Å². The van der Waals surface area contributed by atoms with E-state index in [4.69, 9.17) is 0 Å². The van der Waals surface area contributed by atoms with Crippen LogP contribution in [0, 0.1) is 0 Å². The number of nitrogens with one attached hydrogen (secondary N) is 1. The van der Waals surface area contributed by atoms with E-state index in [1.54, 1.807) is 6.07 Å². The number of hydrogen-bond acceptors (Lipinski definition) is 4. The van der Waals surface area contributed by atoms with Gasteiger partial charge in [-0.2, -0.15) is 0 Å². The molecule has 1 fully saturated rings. The first kappa shape index (κ1) is 16.4. The minimum absolute atomic E-state index is 0.0186. The third-order valence-electron chi connectivity index (χ3n) is 4.73. The second kappa shape index (κ2) is 6.22. The molecule has 0 heterocycles. The Morgan fingerprint density at radius 1 is 1.13 bits per heavy atom. The molecule has 3 rings (SSSR count). The average Bonchev–Trinajstić information content (AvgIpc) is 2.96. The molecule has 0 aromatic heterocycles. The molecule has 1 aromatic rings. The maximum Gasteiger partial charge on any atom is 0.335 e. The number of carboxylic acids is 1. The van der Waals surface area contributed by atoms with Crippen LogP contribution in [-0.4, -0.2) is 36.7 Å². The number of aryl methyl sites for hydroxylation is 1. The van der Waals surface area contributed by atoms with Crippen LogP contribution in [0.3, 0.4) is 0 Å². The van der Waals surface area contributed by atoms with Gasteiger partial charge >= 0.3 is 5.97 Å². The van der Waals surface area contributed by atoms with E-state index in [9.17, 15) is 23.4 Å². The smallest absolute Gasteiger partial charge is 0.335 e. The predicted molar refractivity (Wildman–Crippen MR) is 84.0 cm³/mol. The number of fused-ring (bicyclic) bond motifs is 1. The highest BCUT2D eigenvalue weighted by atomic mass is 32.2. The second-order valence-corrected chi connectivity index (χ2v) is 8.08. The summed E-state index contributed by atoms with van der Waals surface area (Å²) >= 11 is 0. The maximum absolute atomic E-state index is 12.7. The molecule has 0 bridgehead atoms. The Bertz CT molecular complexity index is 720. The Balaban J connectivity index is 1.92. The van der Waals surface area contributed by atoms with Crippen molar-refractivity contribution in [3.63, 3.8) is 0 Å². The summed E-state index contributed by atoms with van der Waals surface area (Å²) in [5.41, 5.74) is 1.59. The third-order valence-corrected chi connectivity index (χ3v) is 6.32. The van der Waals surface area contributed by atoms with Gasteiger partial charge in [0.2, 0.25) is 10.0 Å². The molecule has 0 saturated heterocycles. The molecule has 0 atom stereocenters. The summed E-state index contributed by atoms with van der Waals surface area (Å²) in [4.78, 5) is 11.4. The van der Waals surface area contributed by atoms with E-state index in [1.807, 2.05) is 0 Å². The number of carbonyl (C=O) groups is 1. The van der Waals surface area contributed by atoms with Crippen molar-refractivity contribution in [1.29, 1.82) is 0 Å². The molecule has 0 unspecified atom stereocenters. The van der Waals surface area contributed by atoms with Crippen LogP contribution in [-0.2, 0) is 22.9 Å². The van der Waals surface area contributed by atoms with Gasteiger partial charge in [0.05, 0.1) is 16.6 Å². The molecule has 2 aliphatic rings. The van der Waals surface area contributed by atoms with E-state index < -0.39 is 16.0 Å². The monoisotopic (exact) mass is 339 g/mol. The van der Waals surface area contributed by atoms with Crippen molar-refractivity contribution >= 4 is 16.0 Å². The van der Waals surface area contributed by atoms with Gasteiger partial charge in [-0.3, -0.25) is 0 Å². The van der Waals surface area contributed by atoms with Crippen molar-refractivity contribution in [2.45, 2.75) is 62.0 Å². The molecule has 0 radical (unpaired) electrons. The van der Waals surface area contributed by atoms with E-state index >= 15 is 0 Å². The minimum Gasteiger partial charge on any atom is -0.478 e. The number of rotatable bonds is 4. The van der Waals surface area contributed by atoms with E-state index in [0.29, 0.717) is 38.5 Å². The highest BCUT2D eigenvalue weighted by Gasteiger charge is 2.29. The van der Waals surface area contributed by atoms with Crippen molar-refractivity contribution in [2.75, 3.05) is 0 Å². The summed E-state index contributed by atoms with van der Waals surface area (Å²) in [6.45, 7) is 0. The zero-order valence-electron chi connectivity index (χ0n) is 12.8. The van der Waals surface area contributed by atoms with Crippen LogP contribution in [0.5, 0.6) is 0 Å². The maximum atomic E-state index is 12.7. The molecule has 0 amide bonds. The van der Waals surface area contributed by atoms with Gasteiger partial charge in [0.1, 0.15) is 0 Å². The van der Waals surface area contributed by atoms with E-state index in [-0.39, 0.29) is 22.6 Å². The second-order valence-electron chi connectivity index (χ2n) is 6.40. The van der Waals surface area contributed by atoms with Crippen molar-refractivity contribution in [3.8, 4) is 0 Å². The molecule has 7 heteroatoms. The SMILES string of the molecule is O=C(O)c1cc2c(c(S(=O)(=O)NC3CCC(O)CC3)c1)CCC2. The van der Waals surface area contributed by atoms with Crippen molar-refractivity contribution < 1.29 is 23.4 Å². The van der Waals surface area contributed by atoms with Gasteiger partial charge < -0.3 is 10.2 Å². The molecule has 6 nitrogen and oxygen atoms in total. The first-order valence-electron chi connectivity index (χ1n) is 7.96. The van der Waals surface area contributed by atoms with Crippen molar-refractivity contribution in [1.82, 2.24) is 4.72 Å². The lowest BCUT2D eigenvalue weighted by Crippen LogP contribution is -2.39. The Kier molecular flexibility index (Phi) is 4.44. The van der Waals surface area contributed by atoms with Crippen LogP contribution in [0.1, 0.15) is 53.6 Å². The van der Waals surface area contributed by atoms with E-state index in [2.05, 4.69) is 4.72 Å². The van der Waals surface area contributed by atoms with Crippen LogP contribution in [0.4, 0.5) is 0 Å². The summed E-state index contributed by atoms with van der Waals surface area (Å²) in [7, 11) is -3.75. The van der Waals surface area contributed by atoms with Crippen molar-refractivity contribution in [2.24, 2.45) is 0 Å². The Morgan fingerprint density at radius 3 is 2.48 bits per heavy atom. The Labute approximate surface area is 135 Å². The van der Waals surface area contributed by atoms with Crippen LogP contribution >= 0.6 is 0 Å². The zero-order valence-corrected chi connectivity index (χ0v) is 13.6. The van der Waals surface area contributed by atoms with E-state index in [1.165, 1.54) is 6.07 Å². The summed E-state index contributed by atoms with van der Waals surface area (Å²) in [6.07, 6.45) is 4.24. The highest BCUT2D eigenvalue weighted by molar-refractivity contribution is 7.89. The standard InChI is InChI=1S/C16H21NO5S/c18-13-6-4-12(5-7-13)17-23(21,22)15-9-11(16(19)20)8-10-2-1-3-14(10)15/h8-9,12-13,17-18H,1-7H2,(H,19,20). The van der Waals surface area contributed by atoms with Gasteiger partial charge in [0.15, 0.2) is 0 Å². The van der Waals surface area contributed by atoms with Crippen LogP contribution in [0.2, 0.25) is 0 Å². The largest absolute Gasteiger partial charge is 0.478 e. The van der Waals surface area contributed by atoms with Crippen molar-refractivity contribution in [3.05, 3.63) is 28.8 Å². The van der Waals surface area contributed by atoms with Gasteiger partial charge in [-0.1, -0.05) is 0 Å². The molecule has 126 valence electrons. The average molecular weight is 339 g/mol. The fraction of sp³-hybridized carbons (Fsp3) is 0.562. The van der Waals surface area contributed by atoms with Gasteiger partial charge in [-0.05, 0) is 68.2 Å². The Morgan fingerprint density at radius 2 is 1.83 bits per heavy atom. The number of aliphatic hydroxyl groups is 1. The molecule has 0 spiro atoms. The third kappa shape index (κ3) is 3.41. The quantitative estimate of drug-likeness (QED) is 0.770. The number of sulfonamides is 1. The number of carboxylic acid groups (broad SMARTS) is 1. The molecule has 23 heavy (non-hydrogen) atoms. The van der Waals surface area contributed by atoms with E-state index in [0.717, 1.165) is 17.5 Å². The lowest BCUT2D eigenvalue weighted by molar-refractivity contribution is 0.0696. The van der Waals surface area contributed by atoms with Crippen LogP contribution in [0.25, 0.3) is 0 Å². The number of aromatic carboxylic acids is 1. The molecule has 3 N–H and O–H groups in total. The van der Waals surface area contributed by atoms with Crippen LogP contribution < -0.4 is 4.72 Å². The molecular weight excluding hydrogens is 318 g/mol. The summed E-state index contributed by atoms with van der Waals surface area (Å²) in [6, 6.07) is 2.65. The van der Waals surface area contributed by atoms with Gasteiger partial charge in [0.25, 0.3) is 0 Å². The van der Waals surface area contributed by atoms with Gasteiger partial charge in [0, 0.05) is 6.04 Å². The fourth-order valence-corrected chi connectivity index (χ4v) is 5.15. The molecule has 1 aromatic carbocycles.